The highest BCUT2D eigenvalue weighted by molar-refractivity contribution is 4.80. The molecular weight excluding hydrogens is 210 g/mol. The molecule has 0 aromatic carbocycles. The van der Waals surface area contributed by atoms with E-state index in [1.165, 1.54) is 45.3 Å². The highest BCUT2D eigenvalue weighted by atomic mass is 15.2. The molecule has 1 aliphatic heterocycles. The van der Waals surface area contributed by atoms with Gasteiger partial charge in [0.25, 0.3) is 0 Å². The third kappa shape index (κ3) is 5.36. The number of piperidine rings is 1. The smallest absolute Gasteiger partial charge is 0.0194 e. The number of likely N-dealkylation sites (N-methyl/N-ethyl adjacent to an activating group) is 1. The first kappa shape index (κ1) is 14.9. The van der Waals surface area contributed by atoms with Crippen LogP contribution in [0.2, 0.25) is 0 Å². The largest absolute Gasteiger partial charge is 0.313 e. The molecule has 0 spiro atoms. The summed E-state index contributed by atoms with van der Waals surface area (Å²) in [6, 6.07) is 1.50. The maximum absolute atomic E-state index is 3.61. The molecule has 0 amide bonds. The molecule has 1 heterocycles. The Kier molecular flexibility index (Phi) is 7.09. The van der Waals surface area contributed by atoms with Gasteiger partial charge in [-0.1, -0.05) is 20.3 Å². The lowest BCUT2D eigenvalue weighted by Gasteiger charge is -2.37. The number of likely N-dealkylation sites (tertiary alicyclic amines) is 1. The summed E-state index contributed by atoms with van der Waals surface area (Å²) >= 11 is 0. The van der Waals surface area contributed by atoms with Crippen molar-refractivity contribution in [1.82, 2.24) is 15.1 Å². The van der Waals surface area contributed by atoms with Crippen molar-refractivity contribution in [1.29, 1.82) is 0 Å². The third-order valence-electron chi connectivity index (χ3n) is 3.90. The van der Waals surface area contributed by atoms with Crippen molar-refractivity contribution in [3.05, 3.63) is 0 Å². The van der Waals surface area contributed by atoms with Gasteiger partial charge in [-0.3, -0.25) is 0 Å². The summed E-state index contributed by atoms with van der Waals surface area (Å²) in [7, 11) is 4.41. The Balaban J connectivity index is 2.27. The van der Waals surface area contributed by atoms with Crippen LogP contribution in [0.25, 0.3) is 0 Å². The number of nitrogens with zero attached hydrogens (tertiary/aromatic N) is 2. The summed E-state index contributed by atoms with van der Waals surface area (Å²) in [5, 5.41) is 3.61. The minimum Gasteiger partial charge on any atom is -0.313 e. The lowest BCUT2D eigenvalue weighted by molar-refractivity contribution is 0.134. The molecular formula is C14H31N3. The van der Waals surface area contributed by atoms with Gasteiger partial charge in [-0.2, -0.15) is 0 Å². The molecule has 0 saturated carbocycles. The second-order valence-electron chi connectivity index (χ2n) is 5.54. The molecule has 1 N–H and O–H groups in total. The van der Waals surface area contributed by atoms with Crippen molar-refractivity contribution in [2.24, 2.45) is 0 Å². The molecule has 0 aliphatic carbocycles. The summed E-state index contributed by atoms with van der Waals surface area (Å²) in [5.74, 6) is 0. The van der Waals surface area contributed by atoms with E-state index in [1.807, 2.05) is 0 Å². The molecule has 0 aromatic heterocycles. The first-order valence-electron chi connectivity index (χ1n) is 7.29. The Morgan fingerprint density at radius 3 is 2.35 bits per heavy atom. The van der Waals surface area contributed by atoms with Crippen LogP contribution in [0.15, 0.2) is 0 Å². The molecule has 1 aliphatic rings. The molecule has 17 heavy (non-hydrogen) atoms. The molecule has 0 radical (unpaired) electrons. The maximum Gasteiger partial charge on any atom is 0.0194 e. The van der Waals surface area contributed by atoms with Crippen LogP contribution in [0, 0.1) is 0 Å². The zero-order chi connectivity index (χ0) is 12.7. The van der Waals surface area contributed by atoms with E-state index < -0.39 is 0 Å². The van der Waals surface area contributed by atoms with E-state index in [0.29, 0.717) is 6.04 Å². The molecule has 0 aromatic rings. The van der Waals surface area contributed by atoms with Crippen molar-refractivity contribution in [2.75, 3.05) is 40.3 Å². The van der Waals surface area contributed by atoms with Gasteiger partial charge in [0.05, 0.1) is 0 Å². The maximum atomic E-state index is 3.61. The third-order valence-corrected chi connectivity index (χ3v) is 3.90. The lowest BCUT2D eigenvalue weighted by Crippen LogP contribution is -2.47. The first-order chi connectivity index (χ1) is 8.17. The number of nitrogens with one attached hydrogen (secondary N) is 1. The summed E-state index contributed by atoms with van der Waals surface area (Å²) in [6.45, 7) is 9.37. The van der Waals surface area contributed by atoms with Crippen LogP contribution in [0.5, 0.6) is 0 Å². The number of hydrogen-bond donors (Lipinski definition) is 1. The predicted molar refractivity (Wildman–Crippen MR) is 75.5 cm³/mol. The van der Waals surface area contributed by atoms with Crippen molar-refractivity contribution < 1.29 is 0 Å². The molecule has 102 valence electrons. The van der Waals surface area contributed by atoms with Crippen molar-refractivity contribution in [3.8, 4) is 0 Å². The van der Waals surface area contributed by atoms with Gasteiger partial charge < -0.3 is 15.1 Å². The van der Waals surface area contributed by atoms with Crippen LogP contribution in [0.1, 0.15) is 39.5 Å². The topological polar surface area (TPSA) is 18.5 Å². The lowest BCUT2D eigenvalue weighted by atomic mass is 10.0. The molecule has 0 bridgehead atoms. The molecule has 1 fully saturated rings. The Labute approximate surface area is 108 Å². The minimum absolute atomic E-state index is 0.695. The van der Waals surface area contributed by atoms with Crippen LogP contribution in [-0.2, 0) is 0 Å². The van der Waals surface area contributed by atoms with Gasteiger partial charge in [0.2, 0.25) is 0 Å². The summed E-state index contributed by atoms with van der Waals surface area (Å²) in [6.07, 6.45) is 5.25. The first-order valence-corrected chi connectivity index (χ1v) is 7.29. The van der Waals surface area contributed by atoms with Crippen LogP contribution in [0.3, 0.4) is 0 Å². The monoisotopic (exact) mass is 241 g/mol. The highest BCUT2D eigenvalue weighted by Crippen LogP contribution is 2.14. The Morgan fingerprint density at radius 1 is 1.24 bits per heavy atom. The fourth-order valence-electron chi connectivity index (χ4n) is 2.83. The van der Waals surface area contributed by atoms with Crippen LogP contribution >= 0.6 is 0 Å². The van der Waals surface area contributed by atoms with Gasteiger partial charge in [0, 0.05) is 18.6 Å². The summed E-state index contributed by atoms with van der Waals surface area (Å²) in [5.41, 5.74) is 0. The van der Waals surface area contributed by atoms with E-state index in [1.54, 1.807) is 0 Å². The van der Waals surface area contributed by atoms with Crippen molar-refractivity contribution >= 4 is 0 Å². The Morgan fingerprint density at radius 2 is 1.88 bits per heavy atom. The van der Waals surface area contributed by atoms with E-state index in [4.69, 9.17) is 0 Å². The van der Waals surface area contributed by atoms with E-state index >= 15 is 0 Å². The van der Waals surface area contributed by atoms with Crippen molar-refractivity contribution in [3.63, 3.8) is 0 Å². The van der Waals surface area contributed by atoms with Crippen LogP contribution in [-0.4, -0.2) is 62.2 Å². The van der Waals surface area contributed by atoms with Gasteiger partial charge in [-0.05, 0) is 53.0 Å². The molecule has 1 unspecified atom stereocenters. The quantitative estimate of drug-likeness (QED) is 0.733. The van der Waals surface area contributed by atoms with Gasteiger partial charge in [0.15, 0.2) is 0 Å². The van der Waals surface area contributed by atoms with Gasteiger partial charge >= 0.3 is 0 Å². The molecule has 1 saturated heterocycles. The van der Waals surface area contributed by atoms with Gasteiger partial charge in [-0.15, -0.1) is 0 Å². The van der Waals surface area contributed by atoms with E-state index in [2.05, 4.69) is 43.1 Å². The molecule has 3 nitrogen and oxygen atoms in total. The average Bonchev–Trinajstić information content (AvgIpc) is 2.30. The number of hydrogen-bond acceptors (Lipinski definition) is 3. The zero-order valence-corrected chi connectivity index (χ0v) is 12.2. The molecule has 1 rings (SSSR count). The Hall–Kier alpha value is -0.120. The average molecular weight is 241 g/mol. The highest BCUT2D eigenvalue weighted by Gasteiger charge is 2.22. The fourth-order valence-corrected chi connectivity index (χ4v) is 2.83. The molecule has 3 heteroatoms. The van der Waals surface area contributed by atoms with E-state index in [9.17, 15) is 0 Å². The van der Waals surface area contributed by atoms with E-state index in [0.717, 1.165) is 12.6 Å². The van der Waals surface area contributed by atoms with Gasteiger partial charge in [0.1, 0.15) is 0 Å². The normalized spacial score (nSPS) is 21.0. The Bertz CT molecular complexity index is 180. The summed E-state index contributed by atoms with van der Waals surface area (Å²) < 4.78 is 0. The summed E-state index contributed by atoms with van der Waals surface area (Å²) in [4.78, 5) is 5.02. The SMILES string of the molecule is CCCC(CN1CCC(N(C)C)CC1)NCC. The molecule has 1 atom stereocenters. The van der Waals surface area contributed by atoms with E-state index in [-0.39, 0.29) is 0 Å². The minimum atomic E-state index is 0.695. The standard InChI is InChI=1S/C14H31N3/c1-5-7-13(15-6-2)12-17-10-8-14(9-11-17)16(3)4/h13-15H,5-12H2,1-4H3. The predicted octanol–water partition coefficient (Wildman–Crippen LogP) is 1.79. The number of rotatable bonds is 7. The van der Waals surface area contributed by atoms with Crippen LogP contribution < -0.4 is 5.32 Å². The zero-order valence-electron chi connectivity index (χ0n) is 12.2. The second kappa shape index (κ2) is 8.06. The second-order valence-corrected chi connectivity index (χ2v) is 5.54. The van der Waals surface area contributed by atoms with Crippen molar-refractivity contribution in [2.45, 2.75) is 51.6 Å². The fraction of sp³-hybridized carbons (Fsp3) is 1.00. The van der Waals surface area contributed by atoms with Gasteiger partial charge in [-0.25, -0.2) is 0 Å². The van der Waals surface area contributed by atoms with Crippen LogP contribution in [0.4, 0.5) is 0 Å².